The molecule has 0 saturated carbocycles. The first-order chi connectivity index (χ1) is 10.2. The number of carbonyl (C=O) groups excluding carboxylic acids is 1. The lowest BCUT2D eigenvalue weighted by molar-refractivity contribution is -0.130. The molecule has 108 valence electrons. The molecular formula is C18H20N2O. The molecule has 2 atom stereocenters. The summed E-state index contributed by atoms with van der Waals surface area (Å²) < 4.78 is 0. The Hall–Kier alpha value is -2.16. The first-order valence-electron chi connectivity index (χ1n) is 7.43. The van der Waals surface area contributed by atoms with E-state index in [1.807, 2.05) is 30.1 Å². The second kappa shape index (κ2) is 6.08. The van der Waals surface area contributed by atoms with Crippen LogP contribution in [0.4, 0.5) is 0 Å². The minimum Gasteiger partial charge on any atom is -0.342 e. The van der Waals surface area contributed by atoms with E-state index in [1.54, 1.807) is 12.4 Å². The summed E-state index contributed by atoms with van der Waals surface area (Å²) in [5.74, 6) is 0.374. The van der Waals surface area contributed by atoms with E-state index in [9.17, 15) is 4.79 Å². The highest BCUT2D eigenvalue weighted by atomic mass is 16.2. The fourth-order valence-corrected chi connectivity index (χ4v) is 3.14. The molecule has 0 spiro atoms. The van der Waals surface area contributed by atoms with E-state index < -0.39 is 0 Å². The summed E-state index contributed by atoms with van der Waals surface area (Å²) in [5, 5.41) is 0. The number of amides is 1. The number of rotatable bonds is 4. The summed E-state index contributed by atoms with van der Waals surface area (Å²) >= 11 is 0. The van der Waals surface area contributed by atoms with E-state index in [0.29, 0.717) is 6.04 Å². The van der Waals surface area contributed by atoms with Crippen molar-refractivity contribution in [2.45, 2.75) is 25.3 Å². The minimum absolute atomic E-state index is 0.103. The minimum atomic E-state index is 0.103. The number of likely N-dealkylation sites (N-methyl/N-ethyl adjacent to an activating group) is 1. The van der Waals surface area contributed by atoms with Crippen molar-refractivity contribution >= 4 is 5.91 Å². The molecule has 1 aromatic heterocycles. The predicted molar refractivity (Wildman–Crippen MR) is 82.8 cm³/mol. The van der Waals surface area contributed by atoms with Crippen molar-refractivity contribution in [3.8, 4) is 0 Å². The van der Waals surface area contributed by atoms with E-state index in [0.717, 1.165) is 19.3 Å². The average Bonchev–Trinajstić information content (AvgIpc) is 2.78. The molecule has 1 aromatic carbocycles. The molecule has 1 amide bonds. The highest BCUT2D eigenvalue weighted by molar-refractivity contribution is 5.81. The molecule has 1 saturated heterocycles. The first kappa shape index (κ1) is 13.8. The van der Waals surface area contributed by atoms with Crippen molar-refractivity contribution in [3.05, 3.63) is 66.0 Å². The molecular weight excluding hydrogens is 260 g/mol. The van der Waals surface area contributed by atoms with Crippen LogP contribution in [0, 0.1) is 5.92 Å². The van der Waals surface area contributed by atoms with Crippen LogP contribution in [0.5, 0.6) is 0 Å². The number of benzene rings is 1. The van der Waals surface area contributed by atoms with E-state index >= 15 is 0 Å². The Labute approximate surface area is 125 Å². The number of aromatic nitrogens is 1. The fourth-order valence-electron chi connectivity index (χ4n) is 3.14. The van der Waals surface area contributed by atoms with Crippen molar-refractivity contribution in [1.29, 1.82) is 0 Å². The normalized spacial score (nSPS) is 21.8. The van der Waals surface area contributed by atoms with Crippen LogP contribution in [0.2, 0.25) is 0 Å². The van der Waals surface area contributed by atoms with Crippen LogP contribution in [0.25, 0.3) is 0 Å². The van der Waals surface area contributed by atoms with Gasteiger partial charge in [0, 0.05) is 31.4 Å². The number of nitrogens with zero attached hydrogens (tertiary/aromatic N) is 2. The van der Waals surface area contributed by atoms with Crippen molar-refractivity contribution in [3.63, 3.8) is 0 Å². The molecule has 1 unspecified atom stereocenters. The Kier molecular flexibility index (Phi) is 4.00. The summed E-state index contributed by atoms with van der Waals surface area (Å²) in [5.41, 5.74) is 2.49. The van der Waals surface area contributed by atoms with Gasteiger partial charge < -0.3 is 4.90 Å². The van der Waals surface area contributed by atoms with Gasteiger partial charge in [0.25, 0.3) is 0 Å². The summed E-state index contributed by atoms with van der Waals surface area (Å²) in [4.78, 5) is 18.4. The lowest BCUT2D eigenvalue weighted by Crippen LogP contribution is -2.31. The monoisotopic (exact) mass is 280 g/mol. The Bertz CT molecular complexity index is 597. The molecule has 0 aliphatic carbocycles. The second-order valence-electron chi connectivity index (χ2n) is 5.78. The zero-order chi connectivity index (χ0) is 14.7. The van der Waals surface area contributed by atoms with E-state index in [1.165, 1.54) is 11.1 Å². The Morgan fingerprint density at radius 1 is 1.05 bits per heavy atom. The predicted octanol–water partition coefficient (Wildman–Crippen LogP) is 2.71. The molecule has 3 rings (SSSR count). The molecule has 3 nitrogen and oxygen atoms in total. The van der Waals surface area contributed by atoms with Crippen LogP contribution in [0.3, 0.4) is 0 Å². The summed E-state index contributed by atoms with van der Waals surface area (Å²) in [6, 6.07) is 14.7. The maximum absolute atomic E-state index is 12.4. The highest BCUT2D eigenvalue weighted by Gasteiger charge is 2.36. The zero-order valence-electron chi connectivity index (χ0n) is 12.3. The van der Waals surface area contributed by atoms with E-state index in [2.05, 4.69) is 29.2 Å². The third-order valence-corrected chi connectivity index (χ3v) is 4.35. The topological polar surface area (TPSA) is 33.2 Å². The lowest BCUT2D eigenvalue weighted by atomic mass is 9.94. The van der Waals surface area contributed by atoms with E-state index in [4.69, 9.17) is 0 Å². The SMILES string of the molecule is CN1C(=O)C(Cc2ccncc2)C[C@@H]1Cc1ccccc1. The van der Waals surface area contributed by atoms with Gasteiger partial charge >= 0.3 is 0 Å². The number of hydrogen-bond donors (Lipinski definition) is 0. The van der Waals surface area contributed by atoms with Gasteiger partial charge in [-0.05, 0) is 42.5 Å². The van der Waals surface area contributed by atoms with Crippen molar-refractivity contribution in [2.24, 2.45) is 5.92 Å². The van der Waals surface area contributed by atoms with Crippen molar-refractivity contribution in [1.82, 2.24) is 9.88 Å². The average molecular weight is 280 g/mol. The summed E-state index contributed by atoms with van der Waals surface area (Å²) in [6.45, 7) is 0. The van der Waals surface area contributed by atoms with Gasteiger partial charge in [0.2, 0.25) is 5.91 Å². The lowest BCUT2D eigenvalue weighted by Gasteiger charge is -2.19. The van der Waals surface area contributed by atoms with Crippen LogP contribution in [0.15, 0.2) is 54.9 Å². The molecule has 21 heavy (non-hydrogen) atoms. The van der Waals surface area contributed by atoms with Crippen LogP contribution in [-0.4, -0.2) is 28.9 Å². The van der Waals surface area contributed by atoms with Crippen molar-refractivity contribution < 1.29 is 4.79 Å². The number of hydrogen-bond acceptors (Lipinski definition) is 2. The molecule has 1 aliphatic heterocycles. The molecule has 3 heteroatoms. The van der Waals surface area contributed by atoms with Crippen LogP contribution < -0.4 is 0 Å². The van der Waals surface area contributed by atoms with Gasteiger partial charge in [0.15, 0.2) is 0 Å². The Morgan fingerprint density at radius 2 is 1.71 bits per heavy atom. The molecule has 1 aliphatic rings. The molecule has 0 bridgehead atoms. The maximum atomic E-state index is 12.4. The van der Waals surface area contributed by atoms with Gasteiger partial charge in [-0.2, -0.15) is 0 Å². The summed E-state index contributed by atoms with van der Waals surface area (Å²) in [7, 11) is 1.93. The first-order valence-corrected chi connectivity index (χ1v) is 7.43. The van der Waals surface area contributed by atoms with Crippen LogP contribution >= 0.6 is 0 Å². The maximum Gasteiger partial charge on any atom is 0.226 e. The molecule has 1 fully saturated rings. The van der Waals surface area contributed by atoms with Crippen molar-refractivity contribution in [2.75, 3.05) is 7.05 Å². The smallest absolute Gasteiger partial charge is 0.226 e. The van der Waals surface area contributed by atoms with Gasteiger partial charge in [-0.15, -0.1) is 0 Å². The second-order valence-corrected chi connectivity index (χ2v) is 5.78. The van der Waals surface area contributed by atoms with Gasteiger partial charge in [-0.1, -0.05) is 30.3 Å². The molecule has 0 radical (unpaired) electrons. The number of pyridine rings is 1. The number of carbonyl (C=O) groups is 1. The Morgan fingerprint density at radius 3 is 2.43 bits per heavy atom. The van der Waals surface area contributed by atoms with Crippen LogP contribution in [-0.2, 0) is 17.6 Å². The van der Waals surface area contributed by atoms with Gasteiger partial charge in [0.05, 0.1) is 0 Å². The van der Waals surface area contributed by atoms with Gasteiger partial charge in [-0.25, -0.2) is 0 Å². The zero-order valence-corrected chi connectivity index (χ0v) is 12.3. The van der Waals surface area contributed by atoms with Gasteiger partial charge in [0.1, 0.15) is 0 Å². The highest BCUT2D eigenvalue weighted by Crippen LogP contribution is 2.28. The Balaban J connectivity index is 1.67. The molecule has 0 N–H and O–H groups in total. The fraction of sp³-hybridized carbons (Fsp3) is 0.333. The third kappa shape index (κ3) is 3.13. The van der Waals surface area contributed by atoms with E-state index in [-0.39, 0.29) is 11.8 Å². The number of likely N-dealkylation sites (tertiary alicyclic amines) is 1. The largest absolute Gasteiger partial charge is 0.342 e. The van der Waals surface area contributed by atoms with Gasteiger partial charge in [-0.3, -0.25) is 9.78 Å². The third-order valence-electron chi connectivity index (χ3n) is 4.35. The standard InChI is InChI=1S/C18H20N2O/c1-20-17(12-14-5-3-2-4-6-14)13-16(18(20)21)11-15-7-9-19-10-8-15/h2-10,16-17H,11-13H2,1H3/t16?,17-/m0/s1. The van der Waals surface area contributed by atoms with Crippen LogP contribution in [0.1, 0.15) is 17.5 Å². The molecule has 2 aromatic rings. The molecule has 2 heterocycles. The summed E-state index contributed by atoms with van der Waals surface area (Å²) in [6.07, 6.45) is 6.28. The quantitative estimate of drug-likeness (QED) is 0.862.